The van der Waals surface area contributed by atoms with Crippen molar-refractivity contribution in [1.82, 2.24) is 5.32 Å². The Bertz CT molecular complexity index is 946. The van der Waals surface area contributed by atoms with Gasteiger partial charge in [-0.15, -0.1) is 0 Å². The molecular formula is C18H19ClN2O4S. The molecule has 0 unspecified atom stereocenters. The molecule has 138 valence electrons. The number of amides is 1. The van der Waals surface area contributed by atoms with Crippen LogP contribution in [0.25, 0.3) is 0 Å². The molecule has 1 heterocycles. The Labute approximate surface area is 157 Å². The van der Waals surface area contributed by atoms with Crippen molar-refractivity contribution in [3.05, 3.63) is 58.6 Å². The molecule has 1 aliphatic rings. The number of carbonyl (C=O) groups is 1. The number of halogens is 1. The molecule has 1 aliphatic heterocycles. The number of benzene rings is 2. The second-order valence-corrected chi connectivity index (χ2v) is 8.56. The number of rotatable bonds is 4. The first-order valence-corrected chi connectivity index (χ1v) is 10.2. The van der Waals surface area contributed by atoms with E-state index in [0.29, 0.717) is 23.0 Å². The fraction of sp³-hybridized carbons (Fsp3) is 0.278. The van der Waals surface area contributed by atoms with Gasteiger partial charge in [-0.3, -0.25) is 9.10 Å². The smallest absolute Gasteiger partial charge is 0.263 e. The van der Waals surface area contributed by atoms with Crippen molar-refractivity contribution in [2.45, 2.75) is 19.6 Å². The van der Waals surface area contributed by atoms with Crippen LogP contribution in [0.4, 0.5) is 5.69 Å². The van der Waals surface area contributed by atoms with Gasteiger partial charge in [0.05, 0.1) is 18.5 Å². The normalized spacial score (nSPS) is 16.6. The number of fused-ring (bicyclic) bond motifs is 1. The van der Waals surface area contributed by atoms with E-state index in [9.17, 15) is 13.2 Å². The molecule has 26 heavy (non-hydrogen) atoms. The van der Waals surface area contributed by atoms with Crippen molar-refractivity contribution in [3.63, 3.8) is 0 Å². The maximum atomic E-state index is 12.5. The molecule has 1 amide bonds. The van der Waals surface area contributed by atoms with Gasteiger partial charge < -0.3 is 10.1 Å². The Morgan fingerprint density at radius 1 is 1.31 bits per heavy atom. The Balaban J connectivity index is 1.78. The third-order valence-corrected chi connectivity index (χ3v) is 5.41. The number of anilines is 1. The van der Waals surface area contributed by atoms with E-state index in [0.717, 1.165) is 21.7 Å². The van der Waals surface area contributed by atoms with Gasteiger partial charge in [0.2, 0.25) is 10.0 Å². The molecular weight excluding hydrogens is 376 g/mol. The highest BCUT2D eigenvalue weighted by atomic mass is 35.5. The van der Waals surface area contributed by atoms with Crippen LogP contribution in [-0.4, -0.2) is 33.2 Å². The summed E-state index contributed by atoms with van der Waals surface area (Å²) in [5.74, 6) is -0.0671. The first kappa shape index (κ1) is 18.5. The second kappa shape index (κ2) is 7.17. The van der Waals surface area contributed by atoms with Gasteiger partial charge in [0, 0.05) is 11.6 Å². The van der Waals surface area contributed by atoms with Crippen molar-refractivity contribution in [3.8, 4) is 5.75 Å². The molecule has 0 saturated carbocycles. The summed E-state index contributed by atoms with van der Waals surface area (Å²) in [4.78, 5) is 12.5. The van der Waals surface area contributed by atoms with E-state index in [-0.39, 0.29) is 12.5 Å². The highest BCUT2D eigenvalue weighted by Crippen LogP contribution is 2.37. The maximum absolute atomic E-state index is 12.5. The third-order valence-electron chi connectivity index (χ3n) is 4.03. The molecule has 0 aromatic heterocycles. The zero-order valence-electron chi connectivity index (χ0n) is 14.4. The van der Waals surface area contributed by atoms with Crippen molar-refractivity contribution >= 4 is 33.2 Å². The average molecular weight is 395 g/mol. The van der Waals surface area contributed by atoms with Crippen LogP contribution in [-0.2, 0) is 21.4 Å². The Morgan fingerprint density at radius 3 is 2.77 bits per heavy atom. The molecule has 0 spiro atoms. The van der Waals surface area contributed by atoms with Crippen LogP contribution in [0.5, 0.6) is 5.75 Å². The summed E-state index contributed by atoms with van der Waals surface area (Å²) in [6.07, 6.45) is 0.147. The van der Waals surface area contributed by atoms with Gasteiger partial charge in [0.15, 0.2) is 6.10 Å². The lowest BCUT2D eigenvalue weighted by Crippen LogP contribution is -2.50. The number of nitrogens with one attached hydrogen (secondary N) is 1. The molecule has 2 aromatic carbocycles. The number of carbonyl (C=O) groups excluding carboxylic acids is 1. The quantitative estimate of drug-likeness (QED) is 0.864. The van der Waals surface area contributed by atoms with Crippen molar-refractivity contribution in [2.24, 2.45) is 0 Å². The van der Waals surface area contributed by atoms with E-state index < -0.39 is 16.1 Å². The van der Waals surface area contributed by atoms with Crippen LogP contribution in [0.15, 0.2) is 42.5 Å². The largest absolute Gasteiger partial charge is 0.476 e. The summed E-state index contributed by atoms with van der Waals surface area (Å²) < 4.78 is 31.1. The van der Waals surface area contributed by atoms with Gasteiger partial charge in [0.1, 0.15) is 5.75 Å². The molecule has 1 N–H and O–H groups in total. The van der Waals surface area contributed by atoms with Gasteiger partial charge in [-0.1, -0.05) is 41.4 Å². The SMILES string of the molecule is Cc1cccc(CNC(=O)[C@H]2CN(S(C)(=O)=O)c3cc(Cl)ccc3O2)c1. The lowest BCUT2D eigenvalue weighted by Gasteiger charge is -2.34. The predicted molar refractivity (Wildman–Crippen MR) is 101 cm³/mol. The van der Waals surface area contributed by atoms with E-state index in [1.807, 2.05) is 31.2 Å². The van der Waals surface area contributed by atoms with Gasteiger partial charge in [-0.2, -0.15) is 0 Å². The fourth-order valence-electron chi connectivity index (χ4n) is 2.80. The Morgan fingerprint density at radius 2 is 2.08 bits per heavy atom. The van der Waals surface area contributed by atoms with Crippen LogP contribution in [0.1, 0.15) is 11.1 Å². The monoisotopic (exact) mass is 394 g/mol. The molecule has 0 radical (unpaired) electrons. The molecule has 8 heteroatoms. The summed E-state index contributed by atoms with van der Waals surface area (Å²) >= 11 is 5.96. The molecule has 2 aromatic rings. The van der Waals surface area contributed by atoms with Crippen molar-refractivity contribution in [1.29, 1.82) is 0 Å². The van der Waals surface area contributed by atoms with Gasteiger partial charge >= 0.3 is 0 Å². The molecule has 0 aliphatic carbocycles. The summed E-state index contributed by atoms with van der Waals surface area (Å²) in [5, 5.41) is 3.19. The van der Waals surface area contributed by atoms with Crippen LogP contribution in [0.2, 0.25) is 5.02 Å². The lowest BCUT2D eigenvalue weighted by atomic mass is 10.1. The van der Waals surface area contributed by atoms with Crippen LogP contribution >= 0.6 is 11.6 Å². The minimum Gasteiger partial charge on any atom is -0.476 e. The average Bonchev–Trinajstić information content (AvgIpc) is 2.58. The van der Waals surface area contributed by atoms with E-state index >= 15 is 0 Å². The third kappa shape index (κ3) is 4.11. The zero-order chi connectivity index (χ0) is 18.9. The van der Waals surface area contributed by atoms with E-state index in [1.54, 1.807) is 12.1 Å². The number of hydrogen-bond acceptors (Lipinski definition) is 4. The zero-order valence-corrected chi connectivity index (χ0v) is 16.0. The summed E-state index contributed by atoms with van der Waals surface area (Å²) in [5.41, 5.74) is 2.39. The fourth-order valence-corrected chi connectivity index (χ4v) is 3.87. The van der Waals surface area contributed by atoms with Crippen molar-refractivity contribution < 1.29 is 17.9 Å². The second-order valence-electron chi connectivity index (χ2n) is 6.22. The van der Waals surface area contributed by atoms with E-state index in [2.05, 4.69) is 5.32 Å². The molecule has 6 nitrogen and oxygen atoms in total. The molecule has 0 saturated heterocycles. The number of aryl methyl sites for hydroxylation is 1. The van der Waals surface area contributed by atoms with Crippen LogP contribution in [0.3, 0.4) is 0 Å². The standard InChI is InChI=1S/C18H19ClN2O4S/c1-12-4-3-5-13(8-12)10-20-18(22)17-11-21(26(2,23)24)15-9-14(19)6-7-16(15)25-17/h3-9,17H,10-11H2,1-2H3,(H,20,22)/t17-/m1/s1. The first-order valence-electron chi connectivity index (χ1n) is 8.01. The van der Waals surface area contributed by atoms with Gasteiger partial charge in [-0.05, 0) is 30.7 Å². The summed E-state index contributed by atoms with van der Waals surface area (Å²) in [6, 6.07) is 12.4. The number of nitrogens with zero attached hydrogens (tertiary/aromatic N) is 1. The number of ether oxygens (including phenoxy) is 1. The Hall–Kier alpha value is -2.25. The van der Waals surface area contributed by atoms with Crippen LogP contribution in [0, 0.1) is 6.92 Å². The lowest BCUT2D eigenvalue weighted by molar-refractivity contribution is -0.127. The van der Waals surface area contributed by atoms with Crippen LogP contribution < -0.4 is 14.4 Å². The minimum atomic E-state index is -3.58. The Kier molecular flexibility index (Phi) is 5.11. The molecule has 0 fully saturated rings. The van der Waals surface area contributed by atoms with E-state index in [4.69, 9.17) is 16.3 Å². The summed E-state index contributed by atoms with van der Waals surface area (Å²) in [7, 11) is -3.58. The number of sulfonamides is 1. The molecule has 3 rings (SSSR count). The van der Waals surface area contributed by atoms with Crippen molar-refractivity contribution in [2.75, 3.05) is 17.1 Å². The summed E-state index contributed by atoms with van der Waals surface area (Å²) in [6.45, 7) is 2.21. The maximum Gasteiger partial charge on any atom is 0.263 e. The highest BCUT2D eigenvalue weighted by Gasteiger charge is 2.35. The predicted octanol–water partition coefficient (Wildman–Crippen LogP) is 2.49. The number of hydrogen-bond donors (Lipinski definition) is 1. The topological polar surface area (TPSA) is 75.7 Å². The highest BCUT2D eigenvalue weighted by molar-refractivity contribution is 7.92. The molecule has 0 bridgehead atoms. The van der Waals surface area contributed by atoms with Gasteiger partial charge in [0.25, 0.3) is 5.91 Å². The molecule has 1 atom stereocenters. The van der Waals surface area contributed by atoms with E-state index in [1.165, 1.54) is 6.07 Å². The minimum absolute atomic E-state index is 0.105. The van der Waals surface area contributed by atoms with Gasteiger partial charge in [-0.25, -0.2) is 8.42 Å². The first-order chi connectivity index (χ1) is 12.2.